The molecule has 0 saturated carbocycles. The maximum Gasteiger partial charge on any atom is 0.336 e. The zero-order valence-corrected chi connectivity index (χ0v) is 17.4. The van der Waals surface area contributed by atoms with Gasteiger partial charge in [0, 0.05) is 16.5 Å². The summed E-state index contributed by atoms with van der Waals surface area (Å²) in [6.45, 7) is 2.37. The van der Waals surface area contributed by atoms with Crippen molar-refractivity contribution in [1.29, 1.82) is 0 Å². The normalized spacial score (nSPS) is 11.0. The molecule has 0 unspecified atom stereocenters. The van der Waals surface area contributed by atoms with Crippen molar-refractivity contribution in [3.05, 3.63) is 83.9 Å². The number of aromatic carboxylic acids is 1. The Morgan fingerprint density at radius 1 is 1.00 bits per heavy atom. The molecule has 0 saturated heterocycles. The Kier molecular flexibility index (Phi) is 6.12. The summed E-state index contributed by atoms with van der Waals surface area (Å²) in [6.07, 6.45) is 1.66. The standard InChI is InChI=1S/C26H21F2NO3/c1-2-3-13-32-25-18(16-7-5-4-6-8-16)10-11-19(24(25)28)23-15-21(26(30)31)20-14-17(27)9-12-22(20)29-23/h4-12,14-15H,2-3,13H2,1H3,(H,30,31). The van der Waals surface area contributed by atoms with Crippen LogP contribution in [0, 0.1) is 11.6 Å². The first-order chi connectivity index (χ1) is 15.5. The number of unbranched alkanes of at least 4 members (excludes halogenated alkanes) is 1. The average molecular weight is 433 g/mol. The Morgan fingerprint density at radius 3 is 2.47 bits per heavy atom. The smallest absolute Gasteiger partial charge is 0.336 e. The molecule has 0 bridgehead atoms. The monoisotopic (exact) mass is 433 g/mol. The first-order valence-electron chi connectivity index (χ1n) is 10.3. The molecule has 1 heterocycles. The van der Waals surface area contributed by atoms with Crippen LogP contribution in [-0.2, 0) is 0 Å². The lowest BCUT2D eigenvalue weighted by Gasteiger charge is -2.16. The van der Waals surface area contributed by atoms with Gasteiger partial charge < -0.3 is 9.84 Å². The molecule has 0 radical (unpaired) electrons. The van der Waals surface area contributed by atoms with Crippen LogP contribution in [0.2, 0.25) is 0 Å². The van der Waals surface area contributed by atoms with E-state index in [0.29, 0.717) is 12.2 Å². The summed E-state index contributed by atoms with van der Waals surface area (Å²) >= 11 is 0. The Labute approximate surface area is 184 Å². The van der Waals surface area contributed by atoms with Crippen LogP contribution in [0.25, 0.3) is 33.3 Å². The summed E-state index contributed by atoms with van der Waals surface area (Å²) < 4.78 is 35.3. The number of aromatic nitrogens is 1. The number of carbonyl (C=O) groups is 1. The number of carboxylic acids is 1. The van der Waals surface area contributed by atoms with Crippen LogP contribution in [0.5, 0.6) is 5.75 Å². The molecule has 6 heteroatoms. The van der Waals surface area contributed by atoms with Gasteiger partial charge in [-0.2, -0.15) is 0 Å². The van der Waals surface area contributed by atoms with Crippen molar-refractivity contribution < 1.29 is 23.4 Å². The third-order valence-corrected chi connectivity index (χ3v) is 5.20. The topological polar surface area (TPSA) is 59.4 Å². The number of benzene rings is 3. The van der Waals surface area contributed by atoms with Crippen LogP contribution < -0.4 is 4.74 Å². The number of rotatable bonds is 7. The number of halogens is 2. The fraction of sp³-hybridized carbons (Fsp3) is 0.154. The Morgan fingerprint density at radius 2 is 1.75 bits per heavy atom. The Hall–Kier alpha value is -3.80. The van der Waals surface area contributed by atoms with E-state index in [0.717, 1.165) is 24.5 Å². The summed E-state index contributed by atoms with van der Waals surface area (Å²) in [5, 5.41) is 9.79. The molecule has 4 aromatic rings. The number of fused-ring (bicyclic) bond motifs is 1. The fourth-order valence-electron chi connectivity index (χ4n) is 3.57. The van der Waals surface area contributed by atoms with Gasteiger partial charge in [-0.05, 0) is 48.4 Å². The van der Waals surface area contributed by atoms with Crippen LogP contribution in [0.4, 0.5) is 8.78 Å². The molecule has 0 spiro atoms. The molecular weight excluding hydrogens is 412 g/mol. The molecular formula is C26H21F2NO3. The van der Waals surface area contributed by atoms with Crippen molar-refractivity contribution in [2.24, 2.45) is 0 Å². The van der Waals surface area contributed by atoms with Crippen LogP contribution in [0.15, 0.2) is 66.7 Å². The molecule has 0 amide bonds. The molecule has 0 aliphatic carbocycles. The van der Waals surface area contributed by atoms with Crippen molar-refractivity contribution in [3.63, 3.8) is 0 Å². The van der Waals surface area contributed by atoms with E-state index in [1.54, 1.807) is 12.1 Å². The van der Waals surface area contributed by atoms with Crippen LogP contribution in [0.3, 0.4) is 0 Å². The van der Waals surface area contributed by atoms with Gasteiger partial charge in [0.25, 0.3) is 0 Å². The lowest BCUT2D eigenvalue weighted by Crippen LogP contribution is -2.04. The summed E-state index contributed by atoms with van der Waals surface area (Å²) in [6, 6.07) is 17.6. The largest absolute Gasteiger partial charge is 0.490 e. The summed E-state index contributed by atoms with van der Waals surface area (Å²) in [5.41, 5.74) is 1.77. The maximum atomic E-state index is 15.8. The van der Waals surface area contributed by atoms with Gasteiger partial charge in [-0.1, -0.05) is 43.7 Å². The quantitative estimate of drug-likeness (QED) is 0.329. The summed E-state index contributed by atoms with van der Waals surface area (Å²) in [4.78, 5) is 16.2. The zero-order chi connectivity index (χ0) is 22.7. The molecule has 0 aliphatic rings. The van der Waals surface area contributed by atoms with E-state index in [1.807, 2.05) is 37.3 Å². The number of hydrogen-bond acceptors (Lipinski definition) is 3. The molecule has 32 heavy (non-hydrogen) atoms. The van der Waals surface area contributed by atoms with Gasteiger partial charge in [0.2, 0.25) is 0 Å². The van der Waals surface area contributed by atoms with Crippen molar-refractivity contribution >= 4 is 16.9 Å². The number of ether oxygens (including phenoxy) is 1. The Balaban J connectivity index is 1.90. The highest BCUT2D eigenvalue weighted by molar-refractivity contribution is 6.03. The third-order valence-electron chi connectivity index (χ3n) is 5.20. The predicted molar refractivity (Wildman–Crippen MR) is 120 cm³/mol. The minimum atomic E-state index is -1.25. The third kappa shape index (κ3) is 4.17. The maximum absolute atomic E-state index is 15.8. The van der Waals surface area contributed by atoms with E-state index in [1.165, 1.54) is 18.2 Å². The van der Waals surface area contributed by atoms with Gasteiger partial charge in [0.15, 0.2) is 11.6 Å². The molecule has 1 aromatic heterocycles. The SMILES string of the molecule is CCCCOc1c(-c2ccccc2)ccc(-c2cc(C(=O)O)c3cc(F)ccc3n2)c1F. The van der Waals surface area contributed by atoms with Crippen LogP contribution in [-0.4, -0.2) is 22.7 Å². The fourth-order valence-corrected chi connectivity index (χ4v) is 3.57. The lowest BCUT2D eigenvalue weighted by molar-refractivity contribution is 0.0699. The van der Waals surface area contributed by atoms with Gasteiger partial charge in [-0.25, -0.2) is 18.6 Å². The molecule has 0 aliphatic heterocycles. The molecule has 162 valence electrons. The van der Waals surface area contributed by atoms with E-state index in [4.69, 9.17) is 4.74 Å². The number of pyridine rings is 1. The highest BCUT2D eigenvalue weighted by atomic mass is 19.1. The predicted octanol–water partition coefficient (Wildman–Crippen LogP) is 6.72. The highest BCUT2D eigenvalue weighted by Crippen LogP contribution is 2.38. The first kappa shape index (κ1) is 21.4. The number of hydrogen-bond donors (Lipinski definition) is 1. The van der Waals surface area contributed by atoms with E-state index in [9.17, 15) is 14.3 Å². The average Bonchev–Trinajstić information content (AvgIpc) is 2.80. The van der Waals surface area contributed by atoms with Crippen LogP contribution in [0.1, 0.15) is 30.1 Å². The van der Waals surface area contributed by atoms with E-state index in [2.05, 4.69) is 4.98 Å². The Bertz CT molecular complexity index is 1290. The van der Waals surface area contributed by atoms with E-state index < -0.39 is 17.6 Å². The second-order valence-electron chi connectivity index (χ2n) is 7.39. The second-order valence-corrected chi connectivity index (χ2v) is 7.39. The minimum absolute atomic E-state index is 0.0972. The lowest BCUT2D eigenvalue weighted by atomic mass is 9.98. The van der Waals surface area contributed by atoms with Gasteiger partial charge in [0.1, 0.15) is 5.82 Å². The second kappa shape index (κ2) is 9.14. The van der Waals surface area contributed by atoms with Gasteiger partial charge in [-0.3, -0.25) is 0 Å². The zero-order valence-electron chi connectivity index (χ0n) is 17.4. The van der Waals surface area contributed by atoms with Gasteiger partial charge in [0.05, 0.1) is 23.4 Å². The van der Waals surface area contributed by atoms with Crippen molar-refractivity contribution in [3.8, 4) is 28.1 Å². The van der Waals surface area contributed by atoms with Gasteiger partial charge in [-0.15, -0.1) is 0 Å². The highest BCUT2D eigenvalue weighted by Gasteiger charge is 2.21. The number of carboxylic acid groups (broad SMARTS) is 1. The minimum Gasteiger partial charge on any atom is -0.490 e. The van der Waals surface area contributed by atoms with E-state index in [-0.39, 0.29) is 33.5 Å². The molecule has 0 atom stereocenters. The van der Waals surface area contributed by atoms with Crippen molar-refractivity contribution in [2.45, 2.75) is 19.8 Å². The molecule has 4 nitrogen and oxygen atoms in total. The summed E-state index contributed by atoms with van der Waals surface area (Å²) in [7, 11) is 0. The molecule has 1 N–H and O–H groups in total. The summed E-state index contributed by atoms with van der Waals surface area (Å²) in [5.74, 6) is -2.34. The van der Waals surface area contributed by atoms with Crippen molar-refractivity contribution in [2.75, 3.05) is 6.61 Å². The van der Waals surface area contributed by atoms with E-state index >= 15 is 4.39 Å². The molecule has 3 aromatic carbocycles. The van der Waals surface area contributed by atoms with Crippen LogP contribution >= 0.6 is 0 Å². The van der Waals surface area contributed by atoms with Gasteiger partial charge >= 0.3 is 5.97 Å². The molecule has 0 fully saturated rings. The first-order valence-corrected chi connectivity index (χ1v) is 10.3. The van der Waals surface area contributed by atoms with Crippen molar-refractivity contribution in [1.82, 2.24) is 4.98 Å². The number of nitrogens with zero attached hydrogens (tertiary/aromatic N) is 1. The molecule has 4 rings (SSSR count).